The molecule has 4 aliphatic carbocycles. The summed E-state index contributed by atoms with van der Waals surface area (Å²) >= 11 is 18.0. The molecule has 4 aromatic heterocycles. The highest BCUT2D eigenvalue weighted by molar-refractivity contribution is 7.99. The second-order valence-corrected chi connectivity index (χ2v) is 40.4. The first kappa shape index (κ1) is 101. The molecule has 12 aromatic carbocycles. The lowest BCUT2D eigenvalue weighted by atomic mass is 9.83. The maximum Gasteiger partial charge on any atom is 0.173 e. The Labute approximate surface area is 847 Å². The Morgan fingerprint density at radius 2 is 0.507 bits per heavy atom. The number of hydrogen-bond acceptors (Lipinski definition) is 12. The Kier molecular flexibility index (Phi) is 32.3. The van der Waals surface area contributed by atoms with Crippen LogP contribution in [0.2, 0.25) is 10.0 Å². The Balaban J connectivity index is 0.000000130. The number of imidazole rings is 4. The van der Waals surface area contributed by atoms with Gasteiger partial charge in [-0.25, -0.2) is 63.8 Å². The maximum absolute atomic E-state index is 14.6. The fourth-order valence-electron chi connectivity index (χ4n) is 19.6. The molecule has 0 bridgehead atoms. The lowest BCUT2D eigenvalue weighted by Gasteiger charge is -2.26. The van der Waals surface area contributed by atoms with Gasteiger partial charge in [-0.3, -0.25) is 18.3 Å². The van der Waals surface area contributed by atoms with Crippen LogP contribution < -0.4 is 18.9 Å². The molecule has 16 aromatic rings. The fraction of sp³-hybridized carbons (Fsp3) is 0.263. The van der Waals surface area contributed by atoms with Gasteiger partial charge in [0.1, 0.15) is 81.2 Å². The zero-order chi connectivity index (χ0) is 99.8. The molecule has 4 heterocycles. The van der Waals surface area contributed by atoms with Crippen LogP contribution in [-0.4, -0.2) is 66.6 Å². The molecule has 0 radical (unpaired) electrons. The number of halogens is 12. The summed E-state index contributed by atoms with van der Waals surface area (Å²) < 4.78 is 172. The first-order valence-electron chi connectivity index (χ1n) is 47.0. The van der Waals surface area contributed by atoms with Crippen molar-refractivity contribution in [3.8, 4) is 45.7 Å². The molecule has 4 aliphatic rings. The van der Waals surface area contributed by atoms with E-state index in [9.17, 15) is 43.9 Å². The molecule has 3 unspecified atom stereocenters. The highest BCUT2D eigenvalue weighted by Gasteiger charge is 2.37. The number of ether oxygens (including phenoxy) is 4. The van der Waals surface area contributed by atoms with Crippen LogP contribution in [0.25, 0.3) is 22.7 Å². The van der Waals surface area contributed by atoms with Crippen molar-refractivity contribution < 1.29 is 62.9 Å². The number of hydrogen-bond donors (Lipinski definition) is 0. The van der Waals surface area contributed by atoms with Crippen LogP contribution >= 0.6 is 70.2 Å². The van der Waals surface area contributed by atoms with E-state index in [4.69, 9.17) is 62.1 Å². The molecule has 12 nitrogen and oxygen atoms in total. The van der Waals surface area contributed by atoms with Crippen molar-refractivity contribution in [2.45, 2.75) is 186 Å². The van der Waals surface area contributed by atoms with Crippen LogP contribution in [-0.2, 0) is 48.7 Å². The van der Waals surface area contributed by atoms with Gasteiger partial charge in [0, 0.05) is 102 Å². The molecule has 732 valence electrons. The van der Waals surface area contributed by atoms with Crippen LogP contribution in [0.3, 0.4) is 0 Å². The Morgan fingerprint density at radius 1 is 0.282 bits per heavy atom. The molecule has 0 aliphatic heterocycles. The van der Waals surface area contributed by atoms with E-state index in [0.717, 1.165) is 212 Å². The largest absolute Gasteiger partial charge is 0.496 e. The van der Waals surface area contributed by atoms with Crippen LogP contribution in [0.1, 0.15) is 198 Å². The van der Waals surface area contributed by atoms with E-state index < -0.39 is 23.3 Å². The number of rotatable bonds is 24. The van der Waals surface area contributed by atoms with Crippen LogP contribution in [0, 0.1) is 99.7 Å². The number of methoxy groups -OCH3 is 4. The van der Waals surface area contributed by atoms with Crippen LogP contribution in [0.5, 0.6) is 23.0 Å². The molecule has 0 N–H and O–H groups in total. The lowest BCUT2D eigenvalue weighted by molar-refractivity contribution is 0.411. The van der Waals surface area contributed by atoms with Gasteiger partial charge < -0.3 is 18.9 Å². The number of aryl methyl sites for hydroxylation is 10. The minimum absolute atomic E-state index is 0.0274. The van der Waals surface area contributed by atoms with Crippen LogP contribution in [0.4, 0.5) is 43.9 Å². The van der Waals surface area contributed by atoms with Gasteiger partial charge in [0.05, 0.1) is 74.0 Å². The molecule has 0 amide bonds. The zero-order valence-electron chi connectivity index (χ0n) is 79.9. The molecule has 4 atom stereocenters. The number of benzene rings is 12. The molecular weight excluding hydrogens is 1930 g/mol. The molecule has 20 rings (SSSR count). The number of nitrogens with zero attached hydrogens (tertiary/aromatic N) is 8. The highest BCUT2D eigenvalue weighted by Crippen LogP contribution is 2.49. The quantitative estimate of drug-likeness (QED) is 0.0425. The average Bonchev–Trinajstić information content (AvgIpc) is 1.61. The molecule has 0 saturated carbocycles. The number of fused-ring (bicyclic) bond motifs is 4. The predicted molar refractivity (Wildman–Crippen MR) is 547 cm³/mol. The Bertz CT molecular complexity index is 6770. The van der Waals surface area contributed by atoms with Gasteiger partial charge >= 0.3 is 0 Å². The summed E-state index contributed by atoms with van der Waals surface area (Å²) in [5, 5.41) is 3.57. The Morgan fingerprint density at radius 3 is 0.718 bits per heavy atom. The van der Waals surface area contributed by atoms with Crippen molar-refractivity contribution in [1.82, 2.24) is 38.2 Å². The molecular formula is C114H104Cl2F10N8O4S4. The van der Waals surface area contributed by atoms with E-state index >= 15 is 0 Å². The van der Waals surface area contributed by atoms with Gasteiger partial charge in [0.15, 0.2) is 20.6 Å². The standard InChI is InChI=1S/2C29H27F3N2OS.2C28H25ClF2N2OS/c2*1-17-13-24(31)23(25(32)14-17)16-36-29-33-26-6-4-5-22(19-7-12-27(35-3)18(2)15-19)28(26)34(29)21-10-8-20(30)9-11-21;2*1-17-15-18(9-14-26(17)34-2)21-5-3-8-25-27(21)33(20-12-10-19(30)11-13-20)28(32-25)35-16-22-23(29)6-4-7-24(22)31/h2*7-15,22H,4-6,16H2,1-3H3;2*4,6-7,9-15,21H,3,5,8,16H2,1-2H3/t;;21-;/m..1./s1. The fourth-order valence-corrected chi connectivity index (χ4v) is 24.4. The van der Waals surface area contributed by atoms with Crippen LogP contribution in [0.15, 0.2) is 251 Å². The average molecular weight is 2040 g/mol. The van der Waals surface area contributed by atoms with E-state index in [-0.39, 0.29) is 81.2 Å². The molecule has 0 fully saturated rings. The van der Waals surface area contributed by atoms with Crippen molar-refractivity contribution in [2.75, 3.05) is 28.4 Å². The minimum Gasteiger partial charge on any atom is -0.496 e. The SMILES string of the molecule is COc1ccc(C2CCCc3nc(SCc4c(F)cc(C)cc4F)n(-c4ccc(F)cc4)c32)cc1C.COc1ccc(C2CCCc3nc(SCc4c(F)cc(C)cc4F)n(-c4ccc(F)cc4)c32)cc1C.COc1ccc(C2CCCc3nc(SCc4c(F)cccc4Cl)n(-c4ccc(F)cc4)c32)cc1C.COc1ccc([C@H]2CCCc3nc(SCc4c(F)cccc4Cl)n(-c4ccc(F)cc4)c32)cc1C. The minimum atomic E-state index is -0.559. The number of aromatic nitrogens is 8. The second kappa shape index (κ2) is 45.3. The van der Waals surface area contributed by atoms with E-state index in [0.29, 0.717) is 54.1 Å². The smallest absolute Gasteiger partial charge is 0.173 e. The summed E-state index contributed by atoms with van der Waals surface area (Å²) in [7, 11) is 6.67. The second-order valence-electron chi connectivity index (χ2n) is 35.8. The monoisotopic (exact) mass is 2040 g/mol. The predicted octanol–water partition coefficient (Wildman–Crippen LogP) is 31.1. The molecule has 0 spiro atoms. The van der Waals surface area contributed by atoms with Gasteiger partial charge in [0.25, 0.3) is 0 Å². The van der Waals surface area contributed by atoms with Crippen molar-refractivity contribution in [3.63, 3.8) is 0 Å². The van der Waals surface area contributed by atoms with Gasteiger partial charge in [-0.1, -0.05) is 131 Å². The maximum atomic E-state index is 14.6. The molecule has 142 heavy (non-hydrogen) atoms. The van der Waals surface area contributed by atoms with Gasteiger partial charge in [-0.2, -0.15) is 0 Å². The van der Waals surface area contributed by atoms with E-state index in [2.05, 4.69) is 57.7 Å². The molecule has 0 saturated heterocycles. The summed E-state index contributed by atoms with van der Waals surface area (Å²) in [6.45, 7) is 11.5. The first-order chi connectivity index (χ1) is 68.6. The lowest BCUT2D eigenvalue weighted by Crippen LogP contribution is -2.15. The zero-order valence-corrected chi connectivity index (χ0v) is 84.7. The van der Waals surface area contributed by atoms with Crippen molar-refractivity contribution >= 4 is 70.2 Å². The number of thioether (sulfide) groups is 4. The van der Waals surface area contributed by atoms with E-state index in [1.54, 1.807) is 115 Å². The van der Waals surface area contributed by atoms with Gasteiger partial charge in [0.2, 0.25) is 0 Å². The summed E-state index contributed by atoms with van der Waals surface area (Å²) in [5.41, 5.74) is 22.5. The summed E-state index contributed by atoms with van der Waals surface area (Å²) in [6, 6.07) is 65.3. The van der Waals surface area contributed by atoms with E-state index in [1.165, 1.54) is 143 Å². The Hall–Kier alpha value is -12.0. The third-order valence-electron chi connectivity index (χ3n) is 26.5. The first-order valence-corrected chi connectivity index (χ1v) is 51.7. The summed E-state index contributed by atoms with van der Waals surface area (Å²) in [4.78, 5) is 19.9. The molecule has 28 heteroatoms. The third kappa shape index (κ3) is 22.3. The van der Waals surface area contributed by atoms with E-state index in [1.807, 2.05) is 61.1 Å². The topological polar surface area (TPSA) is 108 Å². The summed E-state index contributed by atoms with van der Waals surface area (Å²) in [6.07, 6.45) is 11.2. The highest BCUT2D eigenvalue weighted by atomic mass is 35.5. The van der Waals surface area contributed by atoms with Gasteiger partial charge in [-0.05, 0) is 344 Å². The third-order valence-corrected chi connectivity index (χ3v) is 31.0. The summed E-state index contributed by atoms with van der Waals surface area (Å²) in [5.74, 6) is 0.547. The normalized spacial score (nSPS) is 15.1. The van der Waals surface area contributed by atoms with Crippen molar-refractivity contribution in [2.24, 2.45) is 0 Å². The van der Waals surface area contributed by atoms with Crippen molar-refractivity contribution in [1.29, 1.82) is 0 Å². The van der Waals surface area contributed by atoms with Crippen molar-refractivity contribution in [3.05, 3.63) is 422 Å². The van der Waals surface area contributed by atoms with Gasteiger partial charge in [-0.15, -0.1) is 0 Å².